The van der Waals surface area contributed by atoms with Crippen LogP contribution in [-0.2, 0) is 34.4 Å². The molecule has 0 saturated carbocycles. The topological polar surface area (TPSA) is 171 Å². The molecule has 6 atom stereocenters. The van der Waals surface area contributed by atoms with E-state index < -0.39 is 61.7 Å². The summed E-state index contributed by atoms with van der Waals surface area (Å²) in [5.74, 6) is -0.771. The lowest BCUT2D eigenvalue weighted by Crippen LogP contribution is -2.45. The van der Waals surface area contributed by atoms with E-state index in [4.69, 9.17) is 18.5 Å². The van der Waals surface area contributed by atoms with Gasteiger partial charge in [0.25, 0.3) is 5.56 Å². The van der Waals surface area contributed by atoms with Gasteiger partial charge in [0.15, 0.2) is 12.3 Å². The molecule has 1 saturated heterocycles. The van der Waals surface area contributed by atoms with E-state index in [1.54, 1.807) is 61.5 Å². The van der Waals surface area contributed by atoms with Crippen molar-refractivity contribution in [3.8, 4) is 0 Å². The Bertz CT molecular complexity index is 1530. The third-order valence-corrected chi connectivity index (χ3v) is 8.30. The first kappa shape index (κ1) is 31.2. The highest BCUT2D eigenvalue weighted by molar-refractivity contribution is 7.51. The predicted molar refractivity (Wildman–Crippen MR) is 153 cm³/mol. The number of nitrogens with one attached hydrogen (secondary N) is 2. The van der Waals surface area contributed by atoms with Gasteiger partial charge >= 0.3 is 19.4 Å². The highest BCUT2D eigenvalue weighted by atomic mass is 31.2. The summed E-state index contributed by atoms with van der Waals surface area (Å²) in [7, 11) is -4.33. The second-order valence-electron chi connectivity index (χ2n) is 9.63. The fourth-order valence-electron chi connectivity index (χ4n) is 4.45. The largest absolute Gasteiger partial charge is 0.464 e. The molecule has 1 aromatic heterocycles. The van der Waals surface area contributed by atoms with Gasteiger partial charge in [-0.05, 0) is 31.7 Å². The lowest BCUT2D eigenvalue weighted by atomic mass is 9.93. The van der Waals surface area contributed by atoms with Gasteiger partial charge in [-0.1, -0.05) is 60.7 Å². The molecule has 3 aromatic rings. The Hall–Kier alpha value is -3.71. The molecule has 0 radical (unpaired) electrons. The van der Waals surface area contributed by atoms with Crippen LogP contribution in [-0.4, -0.2) is 58.3 Å². The minimum Gasteiger partial charge on any atom is -0.464 e. The van der Waals surface area contributed by atoms with E-state index in [0.29, 0.717) is 5.56 Å². The number of hydrogen-bond acceptors (Lipinski definition) is 10. The smallest absolute Gasteiger partial charge is 0.407 e. The normalized spacial score (nSPS) is 24.0. The number of esters is 1. The number of aliphatic hydroxyl groups is 1. The number of hydrogen-bond donors (Lipinski definition) is 3. The number of aliphatic imine (C=N–C) groups is 1. The van der Waals surface area contributed by atoms with E-state index in [0.717, 1.165) is 16.2 Å². The second-order valence-corrected chi connectivity index (χ2v) is 11.4. The molecule has 0 amide bonds. The van der Waals surface area contributed by atoms with E-state index in [1.807, 2.05) is 6.07 Å². The minimum absolute atomic E-state index is 0.0534. The summed E-state index contributed by atoms with van der Waals surface area (Å²) in [4.78, 5) is 43.1. The van der Waals surface area contributed by atoms with Crippen molar-refractivity contribution in [1.82, 2.24) is 14.6 Å². The maximum absolute atomic E-state index is 14.2. The molecule has 13 nitrogen and oxygen atoms in total. The molecule has 0 spiro atoms. The Morgan fingerprint density at radius 3 is 2.48 bits per heavy atom. The molecule has 4 rings (SSSR count). The van der Waals surface area contributed by atoms with Gasteiger partial charge in [0.1, 0.15) is 17.7 Å². The van der Waals surface area contributed by atoms with Crippen molar-refractivity contribution in [1.29, 1.82) is 0 Å². The van der Waals surface area contributed by atoms with Crippen LogP contribution in [0.5, 0.6) is 0 Å². The van der Waals surface area contributed by atoms with E-state index >= 15 is 0 Å². The summed E-state index contributed by atoms with van der Waals surface area (Å²) >= 11 is 0. The van der Waals surface area contributed by atoms with E-state index in [1.165, 1.54) is 13.1 Å². The predicted octanol–water partition coefficient (Wildman–Crippen LogP) is 2.49. The van der Waals surface area contributed by atoms with Gasteiger partial charge < -0.3 is 14.6 Å². The first-order valence-corrected chi connectivity index (χ1v) is 14.7. The number of rotatable bonds is 13. The summed E-state index contributed by atoms with van der Waals surface area (Å²) in [5.41, 5.74) is -1.69. The fourth-order valence-corrected chi connectivity index (χ4v) is 5.89. The molecule has 42 heavy (non-hydrogen) atoms. The number of ether oxygens (including phenoxy) is 2. The van der Waals surface area contributed by atoms with Gasteiger partial charge in [-0.2, -0.15) is 0 Å². The Kier molecular flexibility index (Phi) is 10.0. The van der Waals surface area contributed by atoms with Gasteiger partial charge in [-0.15, -0.1) is 0 Å². The number of aromatic amines is 1. The van der Waals surface area contributed by atoms with Crippen LogP contribution in [0.4, 0.5) is 0 Å². The summed E-state index contributed by atoms with van der Waals surface area (Å²) in [6.45, 7) is 6.32. The molecule has 224 valence electrons. The van der Waals surface area contributed by atoms with Crippen LogP contribution < -0.4 is 16.3 Å². The maximum atomic E-state index is 14.2. The Morgan fingerprint density at radius 1 is 1.19 bits per heavy atom. The average molecular weight is 601 g/mol. The molecule has 0 aliphatic carbocycles. The Labute approximate surface area is 241 Å². The number of nitrogens with zero attached hydrogens (tertiary/aromatic N) is 2. The molecule has 14 heteroatoms. The summed E-state index contributed by atoms with van der Waals surface area (Å²) in [6.07, 6.45) is -3.92. The number of H-pyrrole nitrogens is 1. The molecule has 2 unspecified atom stereocenters. The van der Waals surface area contributed by atoms with Gasteiger partial charge in [0, 0.05) is 18.8 Å². The van der Waals surface area contributed by atoms with Crippen LogP contribution in [0.15, 0.2) is 87.5 Å². The fraction of sp³-hybridized carbons (Fsp3) is 0.357. The molecular formula is C28H33N4O9P. The molecule has 2 heterocycles. The quantitative estimate of drug-likeness (QED) is 0.150. The van der Waals surface area contributed by atoms with Gasteiger partial charge in [-0.3, -0.25) is 28.4 Å². The molecule has 0 bridgehead atoms. The first-order valence-electron chi connectivity index (χ1n) is 13.2. The summed E-state index contributed by atoms with van der Waals surface area (Å²) in [6, 6.07) is 18.6. The van der Waals surface area contributed by atoms with E-state index in [-0.39, 0.29) is 13.2 Å². The number of benzene rings is 2. The zero-order valence-electron chi connectivity index (χ0n) is 23.1. The Balaban J connectivity index is 1.61. The van der Waals surface area contributed by atoms with Crippen molar-refractivity contribution in [2.75, 3.05) is 13.2 Å². The third-order valence-electron chi connectivity index (χ3n) is 6.77. The highest BCUT2D eigenvalue weighted by Gasteiger charge is 2.54. The summed E-state index contributed by atoms with van der Waals surface area (Å²) in [5, 5.41) is 13.9. The maximum Gasteiger partial charge on any atom is 0.407 e. The molecule has 3 N–H and O–H groups in total. The molecular weight excluding hydrogens is 567 g/mol. The van der Waals surface area contributed by atoms with E-state index in [9.17, 15) is 24.1 Å². The van der Waals surface area contributed by atoms with Crippen molar-refractivity contribution in [3.05, 3.63) is 105 Å². The zero-order valence-corrected chi connectivity index (χ0v) is 24.0. The number of aromatic nitrogens is 2. The van der Waals surface area contributed by atoms with E-state index in [2.05, 4.69) is 21.8 Å². The van der Waals surface area contributed by atoms with Gasteiger partial charge in [-0.25, -0.2) is 19.2 Å². The lowest BCUT2D eigenvalue weighted by molar-refractivity contribution is -0.152. The van der Waals surface area contributed by atoms with Gasteiger partial charge in [0.05, 0.1) is 13.2 Å². The first-order chi connectivity index (χ1) is 20.1. The number of aliphatic hydroxyl groups excluding tert-OH is 1. The van der Waals surface area contributed by atoms with Crippen molar-refractivity contribution < 1.29 is 33.0 Å². The second kappa shape index (κ2) is 13.5. The van der Waals surface area contributed by atoms with Crippen LogP contribution in [0.2, 0.25) is 0 Å². The third kappa shape index (κ3) is 7.01. The molecule has 1 aliphatic heterocycles. The molecule has 2 aromatic carbocycles. The van der Waals surface area contributed by atoms with Crippen molar-refractivity contribution in [2.24, 2.45) is 4.99 Å². The zero-order chi connectivity index (χ0) is 30.3. The number of carbonyl (C=O) groups excluding carboxylic acids is 1. The average Bonchev–Trinajstić information content (AvgIpc) is 3.24. The van der Waals surface area contributed by atoms with Crippen molar-refractivity contribution in [3.63, 3.8) is 0 Å². The summed E-state index contributed by atoms with van der Waals surface area (Å²) < 4.78 is 38.0. The van der Waals surface area contributed by atoms with Crippen LogP contribution in [0, 0.1) is 0 Å². The molecule has 1 aliphatic rings. The molecule has 1 fully saturated rings. The lowest BCUT2D eigenvalue weighted by Gasteiger charge is -2.28. The Morgan fingerprint density at radius 2 is 1.86 bits per heavy atom. The van der Waals surface area contributed by atoms with Crippen LogP contribution >= 0.6 is 7.75 Å². The minimum atomic E-state index is -4.33. The number of carbonyl (C=O) groups is 1. The SMILES string of the molecule is C=N[C@]1(C)[C@H](O)[C@@H](COP(=O)(NCc2ccccc2)OC(C(=O)OCC)c2ccccc2)O[C@H]1n1ccc(=O)[nH]c1=O. The standard InChI is InChI=1S/C28H33N4O9P/c1-4-38-25(35)23(20-13-9-6-10-14-20)41-42(37,30-17-19-11-7-5-8-12-19)39-18-21-24(34)28(2,29-3)26(40-21)32-16-15-22(33)31-27(32)36/h5-16,21,23-24,26,34H,3-4,17-18H2,1-2H3,(H,30,37)(H,31,33,36)/t21-,23?,24-,26-,28-,42?/m1/s1. The van der Waals surface area contributed by atoms with Crippen molar-refractivity contribution in [2.45, 2.75) is 50.5 Å². The van der Waals surface area contributed by atoms with Gasteiger partial charge in [0.2, 0.25) is 0 Å². The van der Waals surface area contributed by atoms with Crippen LogP contribution in [0.3, 0.4) is 0 Å². The monoisotopic (exact) mass is 600 g/mol. The van der Waals surface area contributed by atoms with Crippen LogP contribution in [0.1, 0.15) is 37.3 Å². The van der Waals surface area contributed by atoms with Crippen LogP contribution in [0.25, 0.3) is 0 Å². The highest BCUT2D eigenvalue weighted by Crippen LogP contribution is 2.50. The van der Waals surface area contributed by atoms with Crippen molar-refractivity contribution >= 4 is 20.4 Å².